The van der Waals surface area contributed by atoms with E-state index >= 15 is 0 Å². The van der Waals surface area contributed by atoms with Gasteiger partial charge in [-0.25, -0.2) is 0 Å². The molecule has 2 aromatic carbocycles. The van der Waals surface area contributed by atoms with E-state index in [0.29, 0.717) is 5.92 Å². The quantitative estimate of drug-likeness (QED) is 0.581. The van der Waals surface area contributed by atoms with Gasteiger partial charge in [0.1, 0.15) is 0 Å². The molecule has 0 bridgehead atoms. The number of rotatable bonds is 5. The third-order valence-corrected chi connectivity index (χ3v) is 6.27. The number of hydrogen-bond acceptors (Lipinski definition) is 0. The lowest BCUT2D eigenvalue weighted by Gasteiger charge is -2.24. The van der Waals surface area contributed by atoms with Crippen LogP contribution in [0.3, 0.4) is 0 Å². The van der Waals surface area contributed by atoms with Gasteiger partial charge in [-0.3, -0.25) is 0 Å². The second-order valence-electron chi connectivity index (χ2n) is 6.85. The van der Waals surface area contributed by atoms with Crippen LogP contribution in [-0.2, 0) is 0 Å². The molecule has 0 saturated heterocycles. The maximum absolute atomic E-state index is 2.44. The lowest BCUT2D eigenvalue weighted by Crippen LogP contribution is -2.25. The summed E-state index contributed by atoms with van der Waals surface area (Å²) in [5.41, 5.74) is 2.77. The molecule has 0 amide bonds. The van der Waals surface area contributed by atoms with E-state index in [-0.39, 0.29) is 0 Å². The normalized spacial score (nSPS) is 14.0. The second kappa shape index (κ2) is 6.90. The first-order chi connectivity index (χ1) is 9.97. The van der Waals surface area contributed by atoms with Gasteiger partial charge < -0.3 is 0 Å². The van der Waals surface area contributed by atoms with E-state index in [4.69, 9.17) is 0 Å². The van der Waals surface area contributed by atoms with Gasteiger partial charge in [0.25, 0.3) is 0 Å². The van der Waals surface area contributed by atoms with Crippen LogP contribution >= 0.6 is 0 Å². The Morgan fingerprint density at radius 1 is 0.905 bits per heavy atom. The summed E-state index contributed by atoms with van der Waals surface area (Å²) in [6, 6.07) is 21.6. The Hall–Kier alpha value is -1.60. The smallest absolute Gasteiger partial charge is 0.0724 e. The van der Waals surface area contributed by atoms with Crippen molar-refractivity contribution in [2.24, 2.45) is 0 Å². The van der Waals surface area contributed by atoms with Crippen LogP contribution in [0, 0.1) is 0 Å². The predicted molar refractivity (Wildman–Crippen MR) is 97.2 cm³/mol. The van der Waals surface area contributed by atoms with Gasteiger partial charge in [0, 0.05) is 0 Å². The van der Waals surface area contributed by atoms with Gasteiger partial charge in [-0.2, -0.15) is 0 Å². The van der Waals surface area contributed by atoms with Gasteiger partial charge in [0.15, 0.2) is 0 Å². The fourth-order valence-corrected chi connectivity index (χ4v) is 4.08. The summed E-state index contributed by atoms with van der Waals surface area (Å²) in [4.78, 5) is 0. The summed E-state index contributed by atoms with van der Waals surface area (Å²) in [6.07, 6.45) is 3.58. The molecule has 110 valence electrons. The lowest BCUT2D eigenvalue weighted by atomic mass is 9.97. The van der Waals surface area contributed by atoms with Crippen LogP contribution in [0.2, 0.25) is 19.6 Å². The van der Waals surface area contributed by atoms with Crippen molar-refractivity contribution in [3.8, 4) is 0 Å². The third-order valence-electron chi connectivity index (χ3n) is 4.00. The number of hydrogen-bond donors (Lipinski definition) is 0. The van der Waals surface area contributed by atoms with E-state index in [9.17, 15) is 0 Å². The van der Waals surface area contributed by atoms with Crippen LogP contribution in [0.4, 0.5) is 0 Å². The SMILES string of the molecule is CC(C/C(=C/c1ccccc1)[Si](C)(C)C)c1ccccc1. The van der Waals surface area contributed by atoms with Crippen molar-refractivity contribution in [2.75, 3.05) is 0 Å². The fourth-order valence-electron chi connectivity index (χ4n) is 2.56. The first kappa shape index (κ1) is 15.8. The molecule has 0 aliphatic rings. The Labute approximate surface area is 130 Å². The molecular formula is C20H26Si. The highest BCUT2D eigenvalue weighted by molar-refractivity contribution is 6.83. The highest BCUT2D eigenvalue weighted by Crippen LogP contribution is 2.29. The largest absolute Gasteiger partial charge is 0.0799 e. The average Bonchev–Trinajstić information content (AvgIpc) is 2.47. The van der Waals surface area contributed by atoms with E-state index in [0.717, 1.165) is 6.42 Å². The fraction of sp³-hybridized carbons (Fsp3) is 0.300. The molecule has 0 nitrogen and oxygen atoms in total. The molecule has 0 aromatic heterocycles. The Morgan fingerprint density at radius 3 is 1.95 bits per heavy atom. The van der Waals surface area contributed by atoms with Crippen molar-refractivity contribution in [3.05, 3.63) is 77.0 Å². The van der Waals surface area contributed by atoms with Crippen molar-refractivity contribution in [1.82, 2.24) is 0 Å². The molecule has 2 aromatic rings. The first-order valence-corrected chi connectivity index (χ1v) is 11.3. The molecule has 0 heterocycles. The van der Waals surface area contributed by atoms with Crippen molar-refractivity contribution < 1.29 is 0 Å². The molecule has 0 N–H and O–H groups in total. The summed E-state index contributed by atoms with van der Waals surface area (Å²) in [6.45, 7) is 9.67. The van der Waals surface area contributed by atoms with E-state index in [1.807, 2.05) is 0 Å². The van der Waals surface area contributed by atoms with Crippen molar-refractivity contribution in [2.45, 2.75) is 38.9 Å². The molecule has 0 aliphatic heterocycles. The van der Waals surface area contributed by atoms with E-state index in [2.05, 4.69) is 93.3 Å². The molecule has 0 radical (unpaired) electrons. The van der Waals surface area contributed by atoms with E-state index < -0.39 is 8.07 Å². The third kappa shape index (κ3) is 4.71. The van der Waals surface area contributed by atoms with Gasteiger partial charge in [-0.1, -0.05) is 98.5 Å². The monoisotopic (exact) mass is 294 g/mol. The minimum atomic E-state index is -1.30. The molecule has 21 heavy (non-hydrogen) atoms. The Balaban J connectivity index is 2.24. The summed E-state index contributed by atoms with van der Waals surface area (Å²) in [5.74, 6) is 0.577. The lowest BCUT2D eigenvalue weighted by molar-refractivity contribution is 0.770. The summed E-state index contributed by atoms with van der Waals surface area (Å²) < 4.78 is 0. The zero-order valence-electron chi connectivity index (χ0n) is 13.6. The van der Waals surface area contributed by atoms with Crippen LogP contribution in [0.25, 0.3) is 6.08 Å². The summed E-state index contributed by atoms with van der Waals surface area (Å²) in [7, 11) is -1.30. The molecule has 1 heteroatoms. The van der Waals surface area contributed by atoms with Gasteiger partial charge >= 0.3 is 0 Å². The molecule has 0 spiro atoms. The summed E-state index contributed by atoms with van der Waals surface area (Å²) >= 11 is 0. The van der Waals surface area contributed by atoms with Crippen LogP contribution in [0.1, 0.15) is 30.4 Å². The Kier molecular flexibility index (Phi) is 5.19. The van der Waals surface area contributed by atoms with Crippen molar-refractivity contribution in [1.29, 1.82) is 0 Å². The first-order valence-electron chi connectivity index (χ1n) is 7.78. The van der Waals surface area contributed by atoms with E-state index in [1.165, 1.54) is 11.1 Å². The highest BCUT2D eigenvalue weighted by atomic mass is 28.3. The van der Waals surface area contributed by atoms with Gasteiger partial charge in [-0.05, 0) is 23.5 Å². The number of allylic oxidation sites excluding steroid dienone is 1. The highest BCUT2D eigenvalue weighted by Gasteiger charge is 2.21. The van der Waals surface area contributed by atoms with E-state index in [1.54, 1.807) is 5.20 Å². The average molecular weight is 295 g/mol. The van der Waals surface area contributed by atoms with Crippen molar-refractivity contribution >= 4 is 14.1 Å². The maximum atomic E-state index is 2.44. The van der Waals surface area contributed by atoms with Gasteiger partial charge in [0.05, 0.1) is 8.07 Å². The van der Waals surface area contributed by atoms with Crippen molar-refractivity contribution in [3.63, 3.8) is 0 Å². The topological polar surface area (TPSA) is 0 Å². The van der Waals surface area contributed by atoms with Gasteiger partial charge in [0.2, 0.25) is 0 Å². The second-order valence-corrected chi connectivity index (χ2v) is 12.0. The minimum Gasteiger partial charge on any atom is -0.0799 e. The standard InChI is InChI=1S/C20H26Si/c1-17(19-13-9-6-10-14-19)15-20(21(2,3)4)16-18-11-7-5-8-12-18/h5-14,16-17H,15H2,1-4H3/b20-16-. The zero-order valence-corrected chi connectivity index (χ0v) is 14.6. The predicted octanol–water partition coefficient (Wildman–Crippen LogP) is 6.14. The molecule has 0 saturated carbocycles. The molecular weight excluding hydrogens is 268 g/mol. The van der Waals surface area contributed by atoms with Crippen LogP contribution in [0.5, 0.6) is 0 Å². The molecule has 1 atom stereocenters. The van der Waals surface area contributed by atoms with Crippen LogP contribution in [-0.4, -0.2) is 8.07 Å². The maximum Gasteiger partial charge on any atom is 0.0724 e. The Morgan fingerprint density at radius 2 is 1.43 bits per heavy atom. The molecule has 1 unspecified atom stereocenters. The minimum absolute atomic E-state index is 0.577. The Bertz CT molecular complexity index is 576. The zero-order chi connectivity index (χ0) is 15.3. The van der Waals surface area contributed by atoms with Crippen LogP contribution < -0.4 is 0 Å². The number of benzene rings is 2. The molecule has 2 rings (SSSR count). The molecule has 0 aliphatic carbocycles. The van der Waals surface area contributed by atoms with Crippen LogP contribution in [0.15, 0.2) is 65.9 Å². The molecule has 0 fully saturated rings. The van der Waals surface area contributed by atoms with Gasteiger partial charge in [-0.15, -0.1) is 0 Å². The summed E-state index contributed by atoms with van der Waals surface area (Å²) in [5, 5.41) is 1.64.